The van der Waals surface area contributed by atoms with Crippen LogP contribution in [0.2, 0.25) is 0 Å². The van der Waals surface area contributed by atoms with Gasteiger partial charge in [-0.25, -0.2) is 0 Å². The number of nitrogens with zero attached hydrogens (tertiary/aromatic N) is 1. The zero-order valence-electron chi connectivity index (χ0n) is 28.5. The van der Waals surface area contributed by atoms with E-state index in [-0.39, 0.29) is 0 Å². The summed E-state index contributed by atoms with van der Waals surface area (Å²) in [6, 6.07) is 51.5. The molecule has 3 aliphatic rings. The standard InChI is InChI=1S/C49H29NO2/c1-26-22-27(2)45-34(23-26)33-24-29-11-9-10-28-18-19-30-25-38-46(44(33)43(30)42(28)29)50(45)47-37(21-20-32-31-12-3-6-15-39(31)52-48(32)47)49(38)35-13-4-7-16-40(35)51-41-17-8-5-14-36(41)49/h3-25H,1-2H3. The molecular weight excluding hydrogens is 635 g/mol. The smallest absolute Gasteiger partial charge is 0.159 e. The van der Waals surface area contributed by atoms with Crippen LogP contribution < -0.4 is 9.64 Å². The molecule has 0 unspecified atom stereocenters. The third kappa shape index (κ3) is 2.96. The summed E-state index contributed by atoms with van der Waals surface area (Å²) in [5, 5.41) is 9.98. The van der Waals surface area contributed by atoms with Gasteiger partial charge in [-0.2, -0.15) is 0 Å². The average Bonchev–Trinajstić information content (AvgIpc) is 3.56. The van der Waals surface area contributed by atoms with Crippen molar-refractivity contribution in [2.75, 3.05) is 4.90 Å². The first-order valence-electron chi connectivity index (χ1n) is 18.1. The average molecular weight is 664 g/mol. The van der Waals surface area contributed by atoms with Gasteiger partial charge in [0.15, 0.2) is 5.58 Å². The van der Waals surface area contributed by atoms with E-state index < -0.39 is 5.41 Å². The Balaban J connectivity index is 1.36. The topological polar surface area (TPSA) is 25.6 Å². The van der Waals surface area contributed by atoms with Crippen molar-refractivity contribution >= 4 is 71.3 Å². The fraction of sp³-hybridized carbons (Fsp3) is 0.0612. The molecule has 10 aromatic rings. The van der Waals surface area contributed by atoms with Gasteiger partial charge in [0.25, 0.3) is 0 Å². The zero-order chi connectivity index (χ0) is 34.0. The predicted octanol–water partition coefficient (Wildman–Crippen LogP) is 13.4. The monoisotopic (exact) mass is 663 g/mol. The molecule has 0 amide bonds. The van der Waals surface area contributed by atoms with Crippen LogP contribution in [0.3, 0.4) is 0 Å². The molecule has 0 aliphatic carbocycles. The lowest BCUT2D eigenvalue weighted by atomic mass is 9.60. The molecule has 3 heteroatoms. The van der Waals surface area contributed by atoms with E-state index in [1.807, 2.05) is 0 Å². The van der Waals surface area contributed by atoms with Crippen LogP contribution in [0.1, 0.15) is 33.4 Å². The van der Waals surface area contributed by atoms with Crippen molar-refractivity contribution in [1.29, 1.82) is 0 Å². The van der Waals surface area contributed by atoms with E-state index in [2.05, 4.69) is 158 Å². The minimum Gasteiger partial charge on any atom is -0.457 e. The first-order chi connectivity index (χ1) is 25.6. The Morgan fingerprint density at radius 1 is 0.481 bits per heavy atom. The fourth-order valence-corrected chi connectivity index (χ4v) is 10.4. The summed E-state index contributed by atoms with van der Waals surface area (Å²) < 4.78 is 13.8. The highest BCUT2D eigenvalue weighted by Gasteiger charge is 2.54. The number of anilines is 3. The first-order valence-corrected chi connectivity index (χ1v) is 18.1. The van der Waals surface area contributed by atoms with Gasteiger partial charge in [0, 0.05) is 38.2 Å². The Morgan fingerprint density at radius 2 is 1.21 bits per heavy atom. The lowest BCUT2D eigenvalue weighted by Gasteiger charge is -2.50. The van der Waals surface area contributed by atoms with E-state index in [0.29, 0.717) is 0 Å². The van der Waals surface area contributed by atoms with Crippen molar-refractivity contribution in [1.82, 2.24) is 0 Å². The zero-order valence-corrected chi connectivity index (χ0v) is 28.5. The van der Waals surface area contributed by atoms with Crippen LogP contribution in [0.25, 0.3) is 65.4 Å². The van der Waals surface area contributed by atoms with E-state index in [9.17, 15) is 0 Å². The summed E-state index contributed by atoms with van der Waals surface area (Å²) in [6.45, 7) is 4.49. The summed E-state index contributed by atoms with van der Waals surface area (Å²) in [6.07, 6.45) is 0. The third-order valence-electron chi connectivity index (χ3n) is 12.3. The minimum atomic E-state index is -0.697. The molecule has 0 bridgehead atoms. The number of hydrogen-bond acceptors (Lipinski definition) is 3. The maximum Gasteiger partial charge on any atom is 0.159 e. The van der Waals surface area contributed by atoms with Crippen LogP contribution in [0.5, 0.6) is 11.5 Å². The Labute approximate surface area is 299 Å². The highest BCUT2D eigenvalue weighted by Crippen LogP contribution is 2.68. The first kappa shape index (κ1) is 27.2. The maximum absolute atomic E-state index is 7.06. The lowest BCUT2D eigenvalue weighted by molar-refractivity contribution is 0.434. The van der Waals surface area contributed by atoms with Crippen molar-refractivity contribution < 1.29 is 9.15 Å². The second-order valence-corrected chi connectivity index (χ2v) is 14.9. The summed E-state index contributed by atoms with van der Waals surface area (Å²) in [7, 11) is 0. The Hall–Kier alpha value is -6.58. The van der Waals surface area contributed by atoms with Gasteiger partial charge in [-0.1, -0.05) is 103 Å². The molecule has 9 aromatic carbocycles. The molecule has 0 fully saturated rings. The number of rotatable bonds is 0. The molecular formula is C49H29NO2. The van der Waals surface area contributed by atoms with Crippen molar-refractivity contribution in [3.05, 3.63) is 173 Å². The Bertz CT molecular complexity index is 3210. The van der Waals surface area contributed by atoms with Crippen molar-refractivity contribution in [3.63, 3.8) is 0 Å². The van der Waals surface area contributed by atoms with Crippen LogP contribution in [0.4, 0.5) is 17.1 Å². The molecule has 0 radical (unpaired) electrons. The largest absolute Gasteiger partial charge is 0.457 e. The van der Waals surface area contributed by atoms with Gasteiger partial charge in [-0.05, 0) is 100 Å². The molecule has 1 spiro atoms. The van der Waals surface area contributed by atoms with Crippen LogP contribution in [-0.2, 0) is 5.41 Å². The SMILES string of the molecule is Cc1cc(C)c2c(c1)-c1cc3cccc4ccc5cc6c(c1c5c43)N2c1c(ccc2c1oc1ccccc12)C61c2ccccc2Oc2ccccc21. The van der Waals surface area contributed by atoms with E-state index in [1.54, 1.807) is 0 Å². The van der Waals surface area contributed by atoms with Crippen LogP contribution >= 0.6 is 0 Å². The van der Waals surface area contributed by atoms with Gasteiger partial charge < -0.3 is 14.1 Å². The number of ether oxygens (including phenoxy) is 1. The highest BCUT2D eigenvalue weighted by atomic mass is 16.5. The van der Waals surface area contributed by atoms with Crippen molar-refractivity contribution in [2.45, 2.75) is 19.3 Å². The van der Waals surface area contributed by atoms with Gasteiger partial charge in [-0.3, -0.25) is 0 Å². The van der Waals surface area contributed by atoms with E-state index in [1.165, 1.54) is 77.1 Å². The van der Waals surface area contributed by atoms with Crippen LogP contribution in [-0.4, -0.2) is 0 Å². The molecule has 13 rings (SSSR count). The van der Waals surface area contributed by atoms with E-state index >= 15 is 0 Å². The van der Waals surface area contributed by atoms with Gasteiger partial charge in [0.1, 0.15) is 17.1 Å². The summed E-state index contributed by atoms with van der Waals surface area (Å²) in [4.78, 5) is 2.59. The van der Waals surface area contributed by atoms with Crippen molar-refractivity contribution in [2.24, 2.45) is 0 Å². The quantitative estimate of drug-likeness (QED) is 0.151. The van der Waals surface area contributed by atoms with E-state index in [4.69, 9.17) is 9.15 Å². The second-order valence-electron chi connectivity index (χ2n) is 14.9. The Morgan fingerprint density at radius 3 is 2.06 bits per heavy atom. The molecule has 4 heterocycles. The number of aryl methyl sites for hydroxylation is 2. The van der Waals surface area contributed by atoms with Crippen LogP contribution in [0.15, 0.2) is 144 Å². The van der Waals surface area contributed by atoms with Gasteiger partial charge in [-0.15, -0.1) is 0 Å². The molecule has 242 valence electrons. The number of hydrogen-bond donors (Lipinski definition) is 0. The van der Waals surface area contributed by atoms with E-state index in [0.717, 1.165) is 50.3 Å². The molecule has 52 heavy (non-hydrogen) atoms. The summed E-state index contributed by atoms with van der Waals surface area (Å²) in [5.74, 6) is 1.76. The summed E-state index contributed by atoms with van der Waals surface area (Å²) in [5.41, 5.74) is 14.4. The molecule has 3 nitrogen and oxygen atoms in total. The number of benzene rings is 9. The number of furan rings is 1. The number of para-hydroxylation sites is 3. The van der Waals surface area contributed by atoms with Gasteiger partial charge >= 0.3 is 0 Å². The number of fused-ring (bicyclic) bond motifs is 15. The molecule has 0 N–H and O–H groups in total. The predicted molar refractivity (Wildman–Crippen MR) is 213 cm³/mol. The minimum absolute atomic E-state index is 0.697. The van der Waals surface area contributed by atoms with Gasteiger partial charge in [0.2, 0.25) is 0 Å². The highest BCUT2D eigenvalue weighted by molar-refractivity contribution is 6.33. The molecule has 1 aromatic heterocycles. The van der Waals surface area contributed by atoms with Crippen molar-refractivity contribution in [3.8, 4) is 22.6 Å². The second kappa shape index (κ2) is 9.01. The van der Waals surface area contributed by atoms with Crippen LogP contribution in [0, 0.1) is 13.8 Å². The molecule has 0 saturated carbocycles. The molecule has 0 saturated heterocycles. The fourth-order valence-electron chi connectivity index (χ4n) is 10.4. The maximum atomic E-state index is 7.06. The lowest BCUT2D eigenvalue weighted by Crippen LogP contribution is -2.40. The normalized spacial score (nSPS) is 14.6. The molecule has 3 aliphatic heterocycles. The third-order valence-corrected chi connectivity index (χ3v) is 12.3. The Kier molecular flexibility index (Phi) is 4.71. The molecule has 0 atom stereocenters. The van der Waals surface area contributed by atoms with Gasteiger partial charge in [0.05, 0.1) is 22.5 Å². The summed E-state index contributed by atoms with van der Waals surface area (Å²) >= 11 is 0.